The van der Waals surface area contributed by atoms with Crippen molar-refractivity contribution in [3.05, 3.63) is 77.7 Å². The average Bonchev–Trinajstić information content (AvgIpc) is 3.21. The van der Waals surface area contributed by atoms with E-state index in [0.29, 0.717) is 38.4 Å². The van der Waals surface area contributed by atoms with Crippen molar-refractivity contribution in [2.24, 2.45) is 0 Å². The fraction of sp³-hybridized carbons (Fsp3) is 0.286. The molecule has 4 rings (SSSR count). The third kappa shape index (κ3) is 4.55. The molecule has 3 heterocycles. The van der Waals surface area contributed by atoms with Gasteiger partial charge >= 0.3 is 0 Å². The van der Waals surface area contributed by atoms with Gasteiger partial charge in [0, 0.05) is 37.6 Å². The van der Waals surface area contributed by atoms with Crippen molar-refractivity contribution in [3.8, 4) is 0 Å². The highest BCUT2D eigenvalue weighted by atomic mass is 16.5. The molecule has 0 aliphatic carbocycles. The Balaban J connectivity index is 1.31. The maximum absolute atomic E-state index is 12.4. The summed E-state index contributed by atoms with van der Waals surface area (Å²) in [7, 11) is 0. The quantitative estimate of drug-likeness (QED) is 0.714. The summed E-state index contributed by atoms with van der Waals surface area (Å²) in [6.07, 6.45) is 5.50. The molecule has 3 aromatic rings. The summed E-state index contributed by atoms with van der Waals surface area (Å²) in [6, 6.07) is 13.9. The van der Waals surface area contributed by atoms with Gasteiger partial charge in [0.1, 0.15) is 5.82 Å². The zero-order valence-corrected chi connectivity index (χ0v) is 15.6. The Morgan fingerprint density at radius 3 is 2.61 bits per heavy atom. The number of morpholine rings is 1. The molecule has 1 aliphatic rings. The molecule has 1 fully saturated rings. The Morgan fingerprint density at radius 1 is 1.04 bits per heavy atom. The number of amides is 1. The van der Waals surface area contributed by atoms with Crippen LogP contribution in [-0.2, 0) is 17.8 Å². The highest BCUT2D eigenvalue weighted by Gasteiger charge is 2.18. The molecule has 144 valence electrons. The number of aromatic nitrogens is 3. The maximum Gasteiger partial charge on any atom is 0.255 e. The SMILES string of the molecule is O=C(c1ccc(NCc2cnn(Cc3ccccc3)c2)nc1)N1CCOCC1. The summed E-state index contributed by atoms with van der Waals surface area (Å²) < 4.78 is 7.21. The highest BCUT2D eigenvalue weighted by Crippen LogP contribution is 2.11. The second-order valence-electron chi connectivity index (χ2n) is 6.72. The summed E-state index contributed by atoms with van der Waals surface area (Å²) in [5.41, 5.74) is 2.89. The zero-order valence-electron chi connectivity index (χ0n) is 15.6. The predicted octanol–water partition coefficient (Wildman–Crippen LogP) is 2.41. The zero-order chi connectivity index (χ0) is 19.2. The van der Waals surface area contributed by atoms with Crippen LogP contribution in [0.4, 0.5) is 5.82 Å². The Kier molecular flexibility index (Phi) is 5.63. The van der Waals surface area contributed by atoms with Crippen LogP contribution in [0.5, 0.6) is 0 Å². The molecule has 0 bridgehead atoms. The molecule has 2 aromatic heterocycles. The minimum atomic E-state index is 0.00420. The van der Waals surface area contributed by atoms with Crippen LogP contribution >= 0.6 is 0 Å². The number of pyridine rings is 1. The van der Waals surface area contributed by atoms with Gasteiger partial charge in [-0.1, -0.05) is 30.3 Å². The third-order valence-electron chi connectivity index (χ3n) is 4.66. The molecule has 1 amide bonds. The van der Waals surface area contributed by atoms with Crippen molar-refractivity contribution in [3.63, 3.8) is 0 Å². The van der Waals surface area contributed by atoms with Gasteiger partial charge in [0.15, 0.2) is 0 Å². The topological polar surface area (TPSA) is 72.3 Å². The van der Waals surface area contributed by atoms with E-state index in [1.165, 1.54) is 5.56 Å². The van der Waals surface area contributed by atoms with Crippen molar-refractivity contribution < 1.29 is 9.53 Å². The monoisotopic (exact) mass is 377 g/mol. The van der Waals surface area contributed by atoms with E-state index in [0.717, 1.165) is 17.9 Å². The normalized spacial score (nSPS) is 14.1. The lowest BCUT2D eigenvalue weighted by Gasteiger charge is -2.26. The van der Waals surface area contributed by atoms with E-state index >= 15 is 0 Å². The molecule has 7 nitrogen and oxygen atoms in total. The highest BCUT2D eigenvalue weighted by molar-refractivity contribution is 5.94. The Hall–Kier alpha value is -3.19. The minimum absolute atomic E-state index is 0.00420. The molecule has 0 unspecified atom stereocenters. The van der Waals surface area contributed by atoms with Crippen molar-refractivity contribution in [1.82, 2.24) is 19.7 Å². The number of nitrogens with zero attached hydrogens (tertiary/aromatic N) is 4. The predicted molar refractivity (Wildman–Crippen MR) is 106 cm³/mol. The number of benzene rings is 1. The van der Waals surface area contributed by atoms with Crippen molar-refractivity contribution in [2.75, 3.05) is 31.6 Å². The molecule has 28 heavy (non-hydrogen) atoms. The Bertz CT molecular complexity index is 902. The molecule has 7 heteroatoms. The van der Waals surface area contributed by atoms with E-state index in [2.05, 4.69) is 27.5 Å². The van der Waals surface area contributed by atoms with E-state index in [1.54, 1.807) is 11.1 Å². The third-order valence-corrected chi connectivity index (χ3v) is 4.66. The molecule has 1 aromatic carbocycles. The van der Waals surface area contributed by atoms with Gasteiger partial charge in [-0.05, 0) is 17.7 Å². The van der Waals surface area contributed by atoms with Crippen LogP contribution in [0.3, 0.4) is 0 Å². The second-order valence-corrected chi connectivity index (χ2v) is 6.72. The minimum Gasteiger partial charge on any atom is -0.378 e. The van der Waals surface area contributed by atoms with Crippen LogP contribution in [0.2, 0.25) is 0 Å². The van der Waals surface area contributed by atoms with Gasteiger partial charge in [0.05, 0.1) is 31.5 Å². The molecular formula is C21H23N5O2. The Morgan fingerprint density at radius 2 is 1.86 bits per heavy atom. The molecule has 1 saturated heterocycles. The molecule has 0 saturated carbocycles. The molecule has 0 spiro atoms. The fourth-order valence-corrected chi connectivity index (χ4v) is 3.12. The largest absolute Gasteiger partial charge is 0.378 e. The lowest BCUT2D eigenvalue weighted by molar-refractivity contribution is 0.0302. The first kappa shape index (κ1) is 18.2. The van der Waals surface area contributed by atoms with Crippen molar-refractivity contribution >= 4 is 11.7 Å². The van der Waals surface area contributed by atoms with Crippen LogP contribution in [0, 0.1) is 0 Å². The van der Waals surface area contributed by atoms with Crippen LogP contribution < -0.4 is 5.32 Å². The number of carbonyl (C=O) groups excluding carboxylic acids is 1. The number of anilines is 1. The number of ether oxygens (including phenoxy) is 1. The van der Waals surface area contributed by atoms with E-state index < -0.39 is 0 Å². The number of nitrogens with one attached hydrogen (secondary N) is 1. The standard InChI is InChI=1S/C21H23N5O2/c27-21(25-8-10-28-11-9-25)19-6-7-20(23-14-19)22-12-18-13-24-26(16-18)15-17-4-2-1-3-5-17/h1-7,13-14,16H,8-12,15H2,(H,22,23). The summed E-state index contributed by atoms with van der Waals surface area (Å²) in [5.74, 6) is 0.735. The summed E-state index contributed by atoms with van der Waals surface area (Å²) in [5, 5.41) is 7.68. The first-order valence-electron chi connectivity index (χ1n) is 9.40. The van der Waals surface area contributed by atoms with Crippen LogP contribution in [0.25, 0.3) is 0 Å². The lowest BCUT2D eigenvalue weighted by Crippen LogP contribution is -2.40. The van der Waals surface area contributed by atoms with E-state index in [-0.39, 0.29) is 5.91 Å². The first-order chi connectivity index (χ1) is 13.8. The number of carbonyl (C=O) groups is 1. The van der Waals surface area contributed by atoms with Gasteiger partial charge in [0.25, 0.3) is 5.91 Å². The summed E-state index contributed by atoms with van der Waals surface area (Å²) in [4.78, 5) is 18.6. The van der Waals surface area contributed by atoms with E-state index in [4.69, 9.17) is 4.74 Å². The van der Waals surface area contributed by atoms with Crippen LogP contribution in [0.1, 0.15) is 21.5 Å². The number of hydrogen-bond donors (Lipinski definition) is 1. The van der Waals surface area contributed by atoms with Gasteiger partial charge in [-0.15, -0.1) is 0 Å². The van der Waals surface area contributed by atoms with Crippen molar-refractivity contribution in [1.29, 1.82) is 0 Å². The van der Waals surface area contributed by atoms with Crippen LogP contribution in [-0.4, -0.2) is 51.9 Å². The number of hydrogen-bond acceptors (Lipinski definition) is 5. The summed E-state index contributed by atoms with van der Waals surface area (Å²) >= 11 is 0. The van der Waals surface area contributed by atoms with E-state index in [1.807, 2.05) is 47.4 Å². The summed E-state index contributed by atoms with van der Waals surface area (Å²) in [6.45, 7) is 3.82. The Labute approximate surface area is 164 Å². The first-order valence-corrected chi connectivity index (χ1v) is 9.40. The average molecular weight is 377 g/mol. The molecule has 0 radical (unpaired) electrons. The van der Waals surface area contributed by atoms with Gasteiger partial charge in [-0.3, -0.25) is 9.48 Å². The lowest BCUT2D eigenvalue weighted by atomic mass is 10.2. The molecular weight excluding hydrogens is 354 g/mol. The molecule has 1 aliphatic heterocycles. The van der Waals surface area contributed by atoms with E-state index in [9.17, 15) is 4.79 Å². The van der Waals surface area contributed by atoms with Gasteiger partial charge in [-0.25, -0.2) is 4.98 Å². The second kappa shape index (κ2) is 8.67. The van der Waals surface area contributed by atoms with Gasteiger partial charge in [-0.2, -0.15) is 5.10 Å². The smallest absolute Gasteiger partial charge is 0.255 e. The fourth-order valence-electron chi connectivity index (χ4n) is 3.12. The van der Waals surface area contributed by atoms with Gasteiger partial charge in [0.2, 0.25) is 0 Å². The molecule has 1 N–H and O–H groups in total. The van der Waals surface area contributed by atoms with Gasteiger partial charge < -0.3 is 15.0 Å². The maximum atomic E-state index is 12.4. The number of rotatable bonds is 6. The van der Waals surface area contributed by atoms with Crippen molar-refractivity contribution in [2.45, 2.75) is 13.1 Å². The van der Waals surface area contributed by atoms with Crippen LogP contribution in [0.15, 0.2) is 61.1 Å². The molecule has 0 atom stereocenters.